The summed E-state index contributed by atoms with van der Waals surface area (Å²) in [5.41, 5.74) is 0.770. The van der Waals surface area contributed by atoms with E-state index in [0.717, 1.165) is 64.0 Å². The van der Waals surface area contributed by atoms with Gasteiger partial charge in [-0.1, -0.05) is 13.5 Å². The molecule has 7 nitrogen and oxygen atoms in total. The first-order valence-corrected chi connectivity index (χ1v) is 11.6. The first kappa shape index (κ1) is 24.8. The molecule has 30 heavy (non-hydrogen) atoms. The number of amides is 2. The number of ether oxygens (including phenoxy) is 1. The van der Waals surface area contributed by atoms with E-state index in [2.05, 4.69) is 35.7 Å². The fourth-order valence-corrected chi connectivity index (χ4v) is 4.78. The standard InChI is InChI=1S/C23H42N4O3/c1-6-9-27-17-20(15-19-16-22(28)18(3)14-21(19)27)24-23(29)26(7-2)12-11-25(4)10-8-13-30-5/h19-21H,3,6-17H2,1-2,4-5H3,(H,24,29)/t19-,20+,21-/m1/s1. The lowest BCUT2D eigenvalue weighted by Gasteiger charge is -2.47. The van der Waals surface area contributed by atoms with Gasteiger partial charge in [0, 0.05) is 64.9 Å². The highest BCUT2D eigenvalue weighted by Gasteiger charge is 2.41. The number of fused-ring (bicyclic) bond motifs is 1. The van der Waals surface area contributed by atoms with Crippen molar-refractivity contribution in [2.75, 3.05) is 60.0 Å². The number of ketones is 1. The van der Waals surface area contributed by atoms with E-state index in [1.807, 2.05) is 11.8 Å². The molecule has 0 unspecified atom stereocenters. The van der Waals surface area contributed by atoms with Crippen LogP contribution < -0.4 is 5.32 Å². The second-order valence-corrected chi connectivity index (χ2v) is 8.87. The maximum Gasteiger partial charge on any atom is 0.317 e. The topological polar surface area (TPSA) is 65.1 Å². The summed E-state index contributed by atoms with van der Waals surface area (Å²) in [5, 5.41) is 3.27. The Morgan fingerprint density at radius 3 is 2.70 bits per heavy atom. The van der Waals surface area contributed by atoms with Gasteiger partial charge in [-0.05, 0) is 57.7 Å². The lowest BCUT2D eigenvalue weighted by atomic mass is 9.74. The number of likely N-dealkylation sites (N-methyl/N-ethyl adjacent to an activating group) is 2. The predicted octanol–water partition coefficient (Wildman–Crippen LogP) is 2.37. The van der Waals surface area contributed by atoms with Gasteiger partial charge < -0.3 is 19.9 Å². The predicted molar refractivity (Wildman–Crippen MR) is 121 cm³/mol. The largest absolute Gasteiger partial charge is 0.385 e. The molecule has 2 rings (SSSR count). The van der Waals surface area contributed by atoms with Crippen molar-refractivity contribution >= 4 is 11.8 Å². The zero-order chi connectivity index (χ0) is 22.1. The summed E-state index contributed by atoms with van der Waals surface area (Å²) in [6.45, 7) is 14.0. The second-order valence-electron chi connectivity index (χ2n) is 8.87. The average Bonchev–Trinajstić information content (AvgIpc) is 2.70. The number of rotatable bonds is 11. The van der Waals surface area contributed by atoms with Crippen LogP contribution in [0.5, 0.6) is 0 Å². The summed E-state index contributed by atoms with van der Waals surface area (Å²) < 4.78 is 5.11. The Bertz CT molecular complexity index is 583. The fraction of sp³-hybridized carbons (Fsp3) is 0.826. The lowest BCUT2D eigenvalue weighted by molar-refractivity contribution is -0.119. The number of piperidine rings is 1. The van der Waals surface area contributed by atoms with Crippen molar-refractivity contribution in [2.45, 2.75) is 58.0 Å². The van der Waals surface area contributed by atoms with Crippen molar-refractivity contribution in [3.05, 3.63) is 12.2 Å². The summed E-state index contributed by atoms with van der Waals surface area (Å²) in [5.74, 6) is 0.516. The van der Waals surface area contributed by atoms with Gasteiger partial charge in [0.25, 0.3) is 0 Å². The molecule has 7 heteroatoms. The molecule has 0 aromatic heterocycles. The number of nitrogens with one attached hydrogen (secondary N) is 1. The first-order chi connectivity index (χ1) is 14.4. The summed E-state index contributed by atoms with van der Waals surface area (Å²) in [4.78, 5) is 31.7. The van der Waals surface area contributed by atoms with Crippen molar-refractivity contribution in [1.82, 2.24) is 20.0 Å². The molecule has 0 aromatic rings. The van der Waals surface area contributed by atoms with Crippen LogP contribution >= 0.6 is 0 Å². The number of urea groups is 1. The number of carbonyl (C=O) groups excluding carboxylic acids is 2. The van der Waals surface area contributed by atoms with Crippen LogP contribution in [0.4, 0.5) is 4.79 Å². The van der Waals surface area contributed by atoms with Gasteiger partial charge in [-0.2, -0.15) is 0 Å². The van der Waals surface area contributed by atoms with Crippen molar-refractivity contribution in [3.8, 4) is 0 Å². The maximum absolute atomic E-state index is 12.9. The van der Waals surface area contributed by atoms with E-state index in [1.165, 1.54) is 0 Å². The van der Waals surface area contributed by atoms with Gasteiger partial charge in [0.15, 0.2) is 5.78 Å². The minimum atomic E-state index is 0.00855. The monoisotopic (exact) mass is 422 g/mol. The van der Waals surface area contributed by atoms with Gasteiger partial charge in [0.05, 0.1) is 0 Å². The second kappa shape index (κ2) is 12.4. The molecular weight excluding hydrogens is 380 g/mol. The van der Waals surface area contributed by atoms with Crippen LogP contribution in [0.2, 0.25) is 0 Å². The average molecular weight is 423 g/mol. The van der Waals surface area contributed by atoms with E-state index in [0.29, 0.717) is 31.5 Å². The Morgan fingerprint density at radius 1 is 1.27 bits per heavy atom. The van der Waals surface area contributed by atoms with E-state index < -0.39 is 0 Å². The van der Waals surface area contributed by atoms with E-state index in [4.69, 9.17) is 4.74 Å². The minimum absolute atomic E-state index is 0.00855. The van der Waals surface area contributed by atoms with Crippen LogP contribution in [-0.2, 0) is 9.53 Å². The highest BCUT2D eigenvalue weighted by molar-refractivity contribution is 5.95. The molecule has 1 aliphatic carbocycles. The molecule has 3 atom stereocenters. The van der Waals surface area contributed by atoms with Crippen LogP contribution in [0.25, 0.3) is 0 Å². The molecule has 172 valence electrons. The summed E-state index contributed by atoms with van der Waals surface area (Å²) in [6, 6.07) is 0.499. The summed E-state index contributed by atoms with van der Waals surface area (Å²) in [7, 11) is 3.80. The number of hydrogen-bond donors (Lipinski definition) is 1. The Hall–Kier alpha value is -1.44. The normalized spacial score (nSPS) is 24.8. The number of Topliss-reactive ketones (excluding diaryl/α,β-unsaturated/α-hetero) is 1. The summed E-state index contributed by atoms with van der Waals surface area (Å²) in [6.07, 6.45) is 4.29. The number of methoxy groups -OCH3 is 1. The van der Waals surface area contributed by atoms with E-state index in [1.54, 1.807) is 7.11 Å². The number of carbonyl (C=O) groups is 2. The Kier molecular flexibility index (Phi) is 10.3. The van der Waals surface area contributed by atoms with Gasteiger partial charge in [-0.15, -0.1) is 0 Å². The Labute approximate surface area is 182 Å². The molecule has 0 aromatic carbocycles. The smallest absolute Gasteiger partial charge is 0.317 e. The van der Waals surface area contributed by atoms with E-state index in [-0.39, 0.29) is 17.9 Å². The molecule has 0 bridgehead atoms. The molecule has 1 saturated carbocycles. The van der Waals surface area contributed by atoms with Gasteiger partial charge in [0.2, 0.25) is 0 Å². The molecule has 1 aliphatic heterocycles. The highest BCUT2D eigenvalue weighted by atomic mass is 16.5. The maximum atomic E-state index is 12.9. The van der Waals surface area contributed by atoms with Crippen molar-refractivity contribution in [3.63, 3.8) is 0 Å². The Balaban J connectivity index is 1.89. The summed E-state index contributed by atoms with van der Waals surface area (Å²) >= 11 is 0. The van der Waals surface area contributed by atoms with E-state index >= 15 is 0 Å². The third-order valence-corrected chi connectivity index (χ3v) is 6.50. The number of likely N-dealkylation sites (tertiary alicyclic amines) is 1. The van der Waals surface area contributed by atoms with Crippen LogP contribution in [0.1, 0.15) is 46.0 Å². The van der Waals surface area contributed by atoms with Gasteiger partial charge in [-0.3, -0.25) is 9.69 Å². The first-order valence-electron chi connectivity index (χ1n) is 11.6. The van der Waals surface area contributed by atoms with Crippen molar-refractivity contribution < 1.29 is 14.3 Å². The van der Waals surface area contributed by atoms with Crippen LogP contribution in [0, 0.1) is 5.92 Å². The molecule has 0 spiro atoms. The molecule has 2 aliphatic rings. The SMILES string of the molecule is C=C1C[C@@H]2[C@@H](CC1=O)C[C@H](NC(=O)N(CC)CCN(C)CCCOC)CN2CCC. The molecule has 1 N–H and O–H groups in total. The van der Waals surface area contributed by atoms with Crippen LogP contribution in [-0.4, -0.2) is 98.6 Å². The fourth-order valence-electron chi connectivity index (χ4n) is 4.78. The number of hydrogen-bond acceptors (Lipinski definition) is 5. The van der Waals surface area contributed by atoms with E-state index in [9.17, 15) is 9.59 Å². The minimum Gasteiger partial charge on any atom is -0.385 e. The van der Waals surface area contributed by atoms with Crippen molar-refractivity contribution in [2.24, 2.45) is 5.92 Å². The van der Waals surface area contributed by atoms with Crippen LogP contribution in [0.3, 0.4) is 0 Å². The number of nitrogens with zero attached hydrogens (tertiary/aromatic N) is 3. The molecular formula is C23H42N4O3. The zero-order valence-corrected chi connectivity index (χ0v) is 19.5. The van der Waals surface area contributed by atoms with Gasteiger partial charge in [0.1, 0.15) is 0 Å². The van der Waals surface area contributed by atoms with Crippen LogP contribution in [0.15, 0.2) is 12.2 Å². The molecule has 1 saturated heterocycles. The lowest BCUT2D eigenvalue weighted by Crippen LogP contribution is -2.59. The highest BCUT2D eigenvalue weighted by Crippen LogP contribution is 2.35. The quantitative estimate of drug-likeness (QED) is 0.409. The zero-order valence-electron chi connectivity index (χ0n) is 19.5. The molecule has 2 fully saturated rings. The third-order valence-electron chi connectivity index (χ3n) is 6.50. The van der Waals surface area contributed by atoms with Gasteiger partial charge >= 0.3 is 6.03 Å². The Morgan fingerprint density at radius 2 is 2.03 bits per heavy atom. The van der Waals surface area contributed by atoms with Gasteiger partial charge in [-0.25, -0.2) is 4.79 Å². The van der Waals surface area contributed by atoms with Crippen molar-refractivity contribution in [1.29, 1.82) is 0 Å². The molecule has 2 amide bonds. The third kappa shape index (κ3) is 7.06. The molecule has 1 heterocycles. The molecule has 0 radical (unpaired) electrons.